The highest BCUT2D eigenvalue weighted by atomic mass is 16.6. The SMILES string of the molecule is CC1(C(N)=O)CCN(c2ccc(C(=O)O)cc2[N+](=O)[O-])C1. The predicted molar refractivity (Wildman–Crippen MR) is 74.2 cm³/mol. The molecule has 1 saturated heterocycles. The number of carbonyl (C=O) groups excluding carboxylic acids is 1. The molecule has 0 aromatic heterocycles. The van der Waals surface area contributed by atoms with Crippen LogP contribution in [0.25, 0.3) is 0 Å². The molecule has 1 amide bonds. The molecule has 112 valence electrons. The van der Waals surface area contributed by atoms with Gasteiger partial charge in [0.15, 0.2) is 0 Å². The molecule has 0 aliphatic carbocycles. The van der Waals surface area contributed by atoms with E-state index in [0.717, 1.165) is 6.07 Å². The Hall–Kier alpha value is -2.64. The van der Waals surface area contributed by atoms with Gasteiger partial charge in [0.25, 0.3) is 5.69 Å². The Morgan fingerprint density at radius 1 is 1.48 bits per heavy atom. The van der Waals surface area contributed by atoms with E-state index in [1.807, 2.05) is 0 Å². The van der Waals surface area contributed by atoms with Crippen LogP contribution in [0, 0.1) is 15.5 Å². The summed E-state index contributed by atoms with van der Waals surface area (Å²) in [6, 6.07) is 3.73. The zero-order chi connectivity index (χ0) is 15.8. The Morgan fingerprint density at radius 2 is 2.14 bits per heavy atom. The lowest BCUT2D eigenvalue weighted by atomic mass is 9.89. The smallest absolute Gasteiger partial charge is 0.335 e. The molecule has 0 bridgehead atoms. The number of nitro groups is 1. The minimum atomic E-state index is -1.23. The van der Waals surface area contributed by atoms with Crippen LogP contribution in [0.4, 0.5) is 11.4 Å². The van der Waals surface area contributed by atoms with Crippen LogP contribution in [0.15, 0.2) is 18.2 Å². The first-order valence-electron chi connectivity index (χ1n) is 6.31. The van der Waals surface area contributed by atoms with Gasteiger partial charge in [0.1, 0.15) is 5.69 Å². The molecule has 8 nitrogen and oxygen atoms in total. The molecule has 1 fully saturated rings. The summed E-state index contributed by atoms with van der Waals surface area (Å²) in [5, 5.41) is 20.0. The fourth-order valence-corrected chi connectivity index (χ4v) is 2.44. The Labute approximate surface area is 120 Å². The third-order valence-electron chi connectivity index (χ3n) is 3.83. The normalized spacial score (nSPS) is 21.3. The quantitative estimate of drug-likeness (QED) is 0.629. The zero-order valence-corrected chi connectivity index (χ0v) is 11.4. The van der Waals surface area contributed by atoms with E-state index in [0.29, 0.717) is 18.7 Å². The molecule has 1 unspecified atom stereocenters. The van der Waals surface area contributed by atoms with Gasteiger partial charge in [0, 0.05) is 19.2 Å². The molecule has 1 aliphatic rings. The van der Waals surface area contributed by atoms with Crippen molar-refractivity contribution in [1.29, 1.82) is 0 Å². The van der Waals surface area contributed by atoms with E-state index in [4.69, 9.17) is 10.8 Å². The van der Waals surface area contributed by atoms with Gasteiger partial charge in [-0.15, -0.1) is 0 Å². The fourth-order valence-electron chi connectivity index (χ4n) is 2.44. The molecule has 3 N–H and O–H groups in total. The summed E-state index contributed by atoms with van der Waals surface area (Å²) in [6.07, 6.45) is 0.500. The molecular weight excluding hydrogens is 278 g/mol. The average Bonchev–Trinajstić information content (AvgIpc) is 2.82. The maximum absolute atomic E-state index is 11.4. The highest BCUT2D eigenvalue weighted by molar-refractivity contribution is 5.90. The van der Waals surface area contributed by atoms with Gasteiger partial charge in [-0.1, -0.05) is 0 Å². The number of carbonyl (C=O) groups is 2. The lowest BCUT2D eigenvalue weighted by Crippen LogP contribution is -2.37. The minimum absolute atomic E-state index is 0.151. The first-order valence-corrected chi connectivity index (χ1v) is 6.31. The molecule has 0 spiro atoms. The second kappa shape index (κ2) is 5.04. The molecule has 1 atom stereocenters. The van der Waals surface area contributed by atoms with Gasteiger partial charge >= 0.3 is 5.97 Å². The second-order valence-electron chi connectivity index (χ2n) is 5.36. The lowest BCUT2D eigenvalue weighted by Gasteiger charge is -2.22. The summed E-state index contributed by atoms with van der Waals surface area (Å²) in [6.45, 7) is 2.44. The van der Waals surface area contributed by atoms with Crippen molar-refractivity contribution in [3.8, 4) is 0 Å². The molecule has 1 aromatic rings. The van der Waals surface area contributed by atoms with Gasteiger partial charge < -0.3 is 15.7 Å². The highest BCUT2D eigenvalue weighted by Crippen LogP contribution is 2.37. The lowest BCUT2D eigenvalue weighted by molar-refractivity contribution is -0.384. The number of carboxylic acid groups (broad SMARTS) is 1. The monoisotopic (exact) mass is 293 g/mol. The number of nitrogens with zero attached hydrogens (tertiary/aromatic N) is 2. The van der Waals surface area contributed by atoms with E-state index in [-0.39, 0.29) is 17.8 Å². The molecule has 1 aliphatic heterocycles. The maximum Gasteiger partial charge on any atom is 0.335 e. The van der Waals surface area contributed by atoms with Gasteiger partial charge in [-0.3, -0.25) is 14.9 Å². The summed E-state index contributed by atoms with van der Waals surface area (Å²) >= 11 is 0. The van der Waals surface area contributed by atoms with Crippen molar-refractivity contribution in [2.24, 2.45) is 11.1 Å². The van der Waals surface area contributed by atoms with Crippen LogP contribution in [0.3, 0.4) is 0 Å². The van der Waals surface area contributed by atoms with E-state index in [1.165, 1.54) is 12.1 Å². The highest BCUT2D eigenvalue weighted by Gasteiger charge is 2.40. The van der Waals surface area contributed by atoms with Crippen molar-refractivity contribution in [1.82, 2.24) is 0 Å². The van der Waals surface area contributed by atoms with Crippen LogP contribution in [0.2, 0.25) is 0 Å². The van der Waals surface area contributed by atoms with Crippen LogP contribution >= 0.6 is 0 Å². The molecule has 8 heteroatoms. The summed E-state index contributed by atoms with van der Waals surface area (Å²) < 4.78 is 0. The molecule has 0 saturated carbocycles. The molecular formula is C13H15N3O5. The number of amides is 1. The Balaban J connectivity index is 2.39. The van der Waals surface area contributed by atoms with Crippen LogP contribution in [0.5, 0.6) is 0 Å². The Morgan fingerprint density at radius 3 is 2.62 bits per heavy atom. The van der Waals surface area contributed by atoms with Crippen molar-refractivity contribution in [2.75, 3.05) is 18.0 Å². The molecule has 0 radical (unpaired) electrons. The average molecular weight is 293 g/mol. The predicted octanol–water partition coefficient (Wildman–Crippen LogP) is 0.995. The fraction of sp³-hybridized carbons (Fsp3) is 0.385. The summed E-state index contributed by atoms with van der Waals surface area (Å²) in [4.78, 5) is 34.6. The summed E-state index contributed by atoms with van der Waals surface area (Å²) in [5.74, 6) is -1.68. The van der Waals surface area contributed by atoms with Gasteiger partial charge in [-0.25, -0.2) is 4.79 Å². The van der Waals surface area contributed by atoms with Gasteiger partial charge in [0.05, 0.1) is 15.9 Å². The maximum atomic E-state index is 11.4. The number of hydrogen-bond acceptors (Lipinski definition) is 5. The molecule has 21 heavy (non-hydrogen) atoms. The Bertz CT molecular complexity index is 630. The summed E-state index contributed by atoms with van der Waals surface area (Å²) in [7, 11) is 0. The van der Waals surface area contributed by atoms with E-state index < -0.39 is 22.2 Å². The van der Waals surface area contributed by atoms with E-state index >= 15 is 0 Å². The number of nitrogens with two attached hydrogens (primary N) is 1. The van der Waals surface area contributed by atoms with E-state index in [1.54, 1.807) is 11.8 Å². The van der Waals surface area contributed by atoms with Crippen LogP contribution in [-0.4, -0.2) is 35.0 Å². The van der Waals surface area contributed by atoms with Crippen molar-refractivity contribution in [3.63, 3.8) is 0 Å². The molecule has 2 rings (SSSR count). The number of carboxylic acids is 1. The topological polar surface area (TPSA) is 127 Å². The van der Waals surface area contributed by atoms with Crippen molar-refractivity contribution in [3.05, 3.63) is 33.9 Å². The number of primary amides is 1. The van der Waals surface area contributed by atoms with Crippen LogP contribution in [-0.2, 0) is 4.79 Å². The van der Waals surface area contributed by atoms with Gasteiger partial charge in [0.2, 0.25) is 5.91 Å². The largest absolute Gasteiger partial charge is 0.478 e. The minimum Gasteiger partial charge on any atom is -0.478 e. The van der Waals surface area contributed by atoms with Gasteiger partial charge in [-0.05, 0) is 25.5 Å². The second-order valence-corrected chi connectivity index (χ2v) is 5.36. The summed E-state index contributed by atoms with van der Waals surface area (Å²) in [5.41, 5.74) is 4.48. The van der Waals surface area contributed by atoms with E-state index in [2.05, 4.69) is 0 Å². The third kappa shape index (κ3) is 2.64. The standard InChI is InChI=1S/C13H15N3O5/c1-13(12(14)19)4-5-15(7-13)9-3-2-8(11(17)18)6-10(9)16(20)21/h2-3,6H,4-5,7H2,1H3,(H2,14,19)(H,17,18). The zero-order valence-electron chi connectivity index (χ0n) is 11.4. The number of anilines is 1. The number of benzene rings is 1. The van der Waals surface area contributed by atoms with Crippen molar-refractivity contribution in [2.45, 2.75) is 13.3 Å². The third-order valence-corrected chi connectivity index (χ3v) is 3.83. The number of aromatic carboxylic acids is 1. The van der Waals surface area contributed by atoms with Gasteiger partial charge in [-0.2, -0.15) is 0 Å². The number of rotatable bonds is 4. The van der Waals surface area contributed by atoms with E-state index in [9.17, 15) is 19.7 Å². The van der Waals surface area contributed by atoms with Crippen LogP contribution < -0.4 is 10.6 Å². The number of nitro benzene ring substituents is 1. The Kier molecular flexibility index (Phi) is 3.54. The van der Waals surface area contributed by atoms with Crippen LogP contribution in [0.1, 0.15) is 23.7 Å². The first kappa shape index (κ1) is 14.8. The molecule has 1 heterocycles. The first-order chi connectivity index (χ1) is 9.74. The van der Waals surface area contributed by atoms with Crippen molar-refractivity contribution >= 4 is 23.3 Å². The molecule has 1 aromatic carbocycles. The van der Waals surface area contributed by atoms with Crippen molar-refractivity contribution < 1.29 is 19.6 Å². The number of hydrogen-bond donors (Lipinski definition) is 2.